The summed E-state index contributed by atoms with van der Waals surface area (Å²) >= 11 is 1.46. The molecule has 1 aliphatic heterocycles. The SMILES string of the molecule is Cn1nc(N2CCCCC2CNc2nc(C3CC3)ns2)ccc1=O. The van der Waals surface area contributed by atoms with Gasteiger partial charge in [0.2, 0.25) is 5.13 Å². The van der Waals surface area contributed by atoms with Crippen LogP contribution < -0.4 is 15.8 Å². The lowest BCUT2D eigenvalue weighted by Crippen LogP contribution is -2.44. The first kappa shape index (κ1) is 15.6. The summed E-state index contributed by atoms with van der Waals surface area (Å²) in [5, 5.41) is 8.78. The summed E-state index contributed by atoms with van der Waals surface area (Å²) in [6.07, 6.45) is 5.95. The molecule has 8 heteroatoms. The molecule has 4 rings (SSSR count). The van der Waals surface area contributed by atoms with Gasteiger partial charge < -0.3 is 10.2 Å². The van der Waals surface area contributed by atoms with Crippen LogP contribution in [0.1, 0.15) is 43.8 Å². The first-order valence-corrected chi connectivity index (χ1v) is 9.36. The molecule has 2 aromatic heterocycles. The van der Waals surface area contributed by atoms with Crippen molar-refractivity contribution >= 4 is 22.5 Å². The number of hydrogen-bond donors (Lipinski definition) is 1. The van der Waals surface area contributed by atoms with E-state index < -0.39 is 0 Å². The summed E-state index contributed by atoms with van der Waals surface area (Å²) in [4.78, 5) is 18.5. The molecule has 1 aliphatic carbocycles. The maximum atomic E-state index is 11.6. The molecule has 128 valence electrons. The van der Waals surface area contributed by atoms with Crippen LogP contribution in [-0.4, -0.2) is 38.3 Å². The van der Waals surface area contributed by atoms with Crippen LogP contribution in [0.15, 0.2) is 16.9 Å². The number of aromatic nitrogens is 4. The number of rotatable bonds is 5. The van der Waals surface area contributed by atoms with Crippen LogP contribution in [-0.2, 0) is 7.05 Å². The van der Waals surface area contributed by atoms with E-state index in [1.165, 1.54) is 35.5 Å². The summed E-state index contributed by atoms with van der Waals surface area (Å²) in [7, 11) is 1.70. The van der Waals surface area contributed by atoms with E-state index in [2.05, 4.69) is 24.7 Å². The molecule has 2 aliphatic rings. The van der Waals surface area contributed by atoms with Crippen LogP contribution in [0.25, 0.3) is 0 Å². The van der Waals surface area contributed by atoms with Crippen molar-refractivity contribution in [1.82, 2.24) is 19.1 Å². The van der Waals surface area contributed by atoms with Gasteiger partial charge >= 0.3 is 0 Å². The maximum absolute atomic E-state index is 11.6. The zero-order valence-electron chi connectivity index (χ0n) is 13.8. The first-order valence-electron chi connectivity index (χ1n) is 8.59. The molecule has 1 N–H and O–H groups in total. The number of piperidine rings is 1. The Hall–Kier alpha value is -1.96. The van der Waals surface area contributed by atoms with Gasteiger partial charge in [-0.25, -0.2) is 9.67 Å². The number of hydrogen-bond acceptors (Lipinski definition) is 7. The fraction of sp³-hybridized carbons (Fsp3) is 0.625. The third-order valence-corrected chi connectivity index (χ3v) is 5.43. The number of aryl methyl sites for hydroxylation is 1. The topological polar surface area (TPSA) is 75.9 Å². The Morgan fingerprint density at radius 1 is 1.29 bits per heavy atom. The molecule has 1 unspecified atom stereocenters. The molecule has 2 aromatic rings. The summed E-state index contributed by atoms with van der Waals surface area (Å²) < 4.78 is 5.85. The van der Waals surface area contributed by atoms with Crippen molar-refractivity contribution in [3.63, 3.8) is 0 Å². The lowest BCUT2D eigenvalue weighted by atomic mass is 10.0. The molecule has 0 spiro atoms. The van der Waals surface area contributed by atoms with Crippen LogP contribution >= 0.6 is 11.5 Å². The molecular formula is C16H22N6OS. The molecule has 1 saturated carbocycles. The number of nitrogens with zero attached hydrogens (tertiary/aromatic N) is 5. The molecule has 3 heterocycles. The Labute approximate surface area is 144 Å². The molecule has 0 bridgehead atoms. The first-order chi connectivity index (χ1) is 11.7. The number of anilines is 2. The highest BCUT2D eigenvalue weighted by molar-refractivity contribution is 7.09. The van der Waals surface area contributed by atoms with Gasteiger partial charge in [0.1, 0.15) is 11.6 Å². The van der Waals surface area contributed by atoms with Crippen LogP contribution in [0.2, 0.25) is 0 Å². The quantitative estimate of drug-likeness (QED) is 0.892. The van der Waals surface area contributed by atoms with Gasteiger partial charge in [0.05, 0.1) is 0 Å². The highest BCUT2D eigenvalue weighted by atomic mass is 32.1. The van der Waals surface area contributed by atoms with Crippen molar-refractivity contribution in [2.45, 2.75) is 44.1 Å². The molecule has 1 atom stereocenters. The predicted octanol–water partition coefficient (Wildman–Crippen LogP) is 1.98. The van der Waals surface area contributed by atoms with Crippen molar-refractivity contribution in [2.24, 2.45) is 7.05 Å². The van der Waals surface area contributed by atoms with Gasteiger partial charge in [0.15, 0.2) is 0 Å². The van der Waals surface area contributed by atoms with E-state index in [1.54, 1.807) is 13.1 Å². The Bertz CT molecular complexity index is 768. The van der Waals surface area contributed by atoms with Crippen molar-refractivity contribution in [3.05, 3.63) is 28.3 Å². The predicted molar refractivity (Wildman–Crippen MR) is 94.8 cm³/mol. The summed E-state index contributed by atoms with van der Waals surface area (Å²) in [5.74, 6) is 2.47. The summed E-state index contributed by atoms with van der Waals surface area (Å²) in [6, 6.07) is 3.78. The van der Waals surface area contributed by atoms with Gasteiger partial charge in [-0.05, 0) is 38.2 Å². The average molecular weight is 346 g/mol. The Morgan fingerprint density at radius 2 is 2.17 bits per heavy atom. The van der Waals surface area contributed by atoms with Crippen molar-refractivity contribution in [2.75, 3.05) is 23.3 Å². The molecule has 7 nitrogen and oxygen atoms in total. The highest BCUT2D eigenvalue weighted by Crippen LogP contribution is 2.39. The normalized spacial score (nSPS) is 21.0. The van der Waals surface area contributed by atoms with Crippen molar-refractivity contribution < 1.29 is 0 Å². The third kappa shape index (κ3) is 3.28. The Morgan fingerprint density at radius 3 is 2.96 bits per heavy atom. The molecule has 0 radical (unpaired) electrons. The van der Waals surface area contributed by atoms with E-state index in [0.29, 0.717) is 12.0 Å². The van der Waals surface area contributed by atoms with Crippen molar-refractivity contribution in [1.29, 1.82) is 0 Å². The minimum absolute atomic E-state index is 0.0769. The van der Waals surface area contributed by atoms with Gasteiger partial charge in [0, 0.05) is 49.7 Å². The van der Waals surface area contributed by atoms with Crippen LogP contribution in [0.5, 0.6) is 0 Å². The standard InChI is InChI=1S/C16H22N6OS/c1-21-14(23)8-7-13(19-21)22-9-3-2-4-12(22)10-17-16-18-15(20-24-16)11-5-6-11/h7-8,11-12H,2-6,9-10H2,1H3,(H,17,18,20). The average Bonchev–Trinajstić information content (AvgIpc) is 3.34. The Kier molecular flexibility index (Phi) is 4.22. The zero-order valence-corrected chi connectivity index (χ0v) is 14.6. The number of nitrogens with one attached hydrogen (secondary N) is 1. The molecule has 2 fully saturated rings. The third-order valence-electron chi connectivity index (χ3n) is 4.74. The van der Waals surface area contributed by atoms with E-state index in [4.69, 9.17) is 0 Å². The zero-order chi connectivity index (χ0) is 16.5. The molecule has 1 saturated heterocycles. The van der Waals surface area contributed by atoms with Gasteiger partial charge in [-0.1, -0.05) is 0 Å². The summed E-state index contributed by atoms with van der Waals surface area (Å²) in [6.45, 7) is 1.80. The van der Waals surface area contributed by atoms with Crippen LogP contribution in [0.3, 0.4) is 0 Å². The minimum atomic E-state index is -0.0769. The van der Waals surface area contributed by atoms with E-state index in [0.717, 1.165) is 42.7 Å². The fourth-order valence-corrected chi connectivity index (χ4v) is 3.83. The van der Waals surface area contributed by atoms with Crippen LogP contribution in [0, 0.1) is 0 Å². The summed E-state index contributed by atoms with van der Waals surface area (Å²) in [5.41, 5.74) is -0.0769. The van der Waals surface area contributed by atoms with Crippen molar-refractivity contribution in [3.8, 4) is 0 Å². The second-order valence-electron chi connectivity index (χ2n) is 6.61. The smallest absolute Gasteiger partial charge is 0.266 e. The minimum Gasteiger partial charge on any atom is -0.358 e. The van der Waals surface area contributed by atoms with E-state index in [9.17, 15) is 4.79 Å². The van der Waals surface area contributed by atoms with Gasteiger partial charge in [-0.3, -0.25) is 4.79 Å². The lowest BCUT2D eigenvalue weighted by molar-refractivity contribution is 0.464. The molecular weight excluding hydrogens is 324 g/mol. The maximum Gasteiger partial charge on any atom is 0.266 e. The molecule has 0 aromatic carbocycles. The van der Waals surface area contributed by atoms with Gasteiger partial charge in [-0.15, -0.1) is 0 Å². The van der Waals surface area contributed by atoms with Gasteiger partial charge in [0.25, 0.3) is 5.56 Å². The van der Waals surface area contributed by atoms with Gasteiger partial charge in [-0.2, -0.15) is 9.47 Å². The second kappa shape index (κ2) is 6.51. The van der Waals surface area contributed by atoms with E-state index in [-0.39, 0.29) is 5.56 Å². The highest BCUT2D eigenvalue weighted by Gasteiger charge is 2.28. The Balaban J connectivity index is 1.44. The second-order valence-corrected chi connectivity index (χ2v) is 7.36. The molecule has 0 amide bonds. The van der Waals surface area contributed by atoms with E-state index >= 15 is 0 Å². The molecule has 24 heavy (non-hydrogen) atoms. The fourth-order valence-electron chi connectivity index (χ4n) is 3.18. The monoisotopic (exact) mass is 346 g/mol. The van der Waals surface area contributed by atoms with Crippen LogP contribution in [0.4, 0.5) is 10.9 Å². The largest absolute Gasteiger partial charge is 0.358 e. The lowest BCUT2D eigenvalue weighted by Gasteiger charge is -2.36. The van der Waals surface area contributed by atoms with E-state index in [1.807, 2.05) is 6.07 Å².